The molecule has 1 fully saturated rings. The number of rotatable bonds is 6. The summed E-state index contributed by atoms with van der Waals surface area (Å²) < 4.78 is 0. The van der Waals surface area contributed by atoms with Crippen LogP contribution in [-0.2, 0) is 6.54 Å². The maximum Gasteiger partial charge on any atom is 0.115 e. The first-order valence-corrected chi connectivity index (χ1v) is 8.40. The number of hydrogen-bond acceptors (Lipinski definition) is 3. The van der Waals surface area contributed by atoms with Gasteiger partial charge in [0.2, 0.25) is 0 Å². The minimum atomic E-state index is 0.266. The van der Waals surface area contributed by atoms with Gasteiger partial charge in [0.25, 0.3) is 0 Å². The standard InChI is InChI=1S/C18H30N2O/c1-4-7-16-13-20(18(5-2,6-3)14-19-16)12-15-8-10-17(21)11-9-15/h8-11,16,19,21H,4-7,12-14H2,1-3H3. The molecule has 3 nitrogen and oxygen atoms in total. The quantitative estimate of drug-likeness (QED) is 0.841. The Kier molecular flexibility index (Phi) is 5.65. The molecule has 3 heteroatoms. The van der Waals surface area contributed by atoms with E-state index in [1.807, 2.05) is 12.1 Å². The Balaban J connectivity index is 2.14. The second-order valence-corrected chi connectivity index (χ2v) is 6.34. The molecule has 1 atom stereocenters. The van der Waals surface area contributed by atoms with Crippen molar-refractivity contribution in [2.75, 3.05) is 13.1 Å². The van der Waals surface area contributed by atoms with Gasteiger partial charge >= 0.3 is 0 Å². The van der Waals surface area contributed by atoms with E-state index in [0.29, 0.717) is 11.8 Å². The Hall–Kier alpha value is -1.06. The third-order valence-electron chi connectivity index (χ3n) is 5.09. The maximum atomic E-state index is 9.45. The van der Waals surface area contributed by atoms with Crippen LogP contribution in [0.5, 0.6) is 5.75 Å². The maximum absolute atomic E-state index is 9.45. The van der Waals surface area contributed by atoms with Gasteiger partial charge in [0.1, 0.15) is 5.75 Å². The fourth-order valence-electron chi connectivity index (χ4n) is 3.51. The lowest BCUT2D eigenvalue weighted by Gasteiger charge is -2.50. The van der Waals surface area contributed by atoms with E-state index in [2.05, 4.69) is 31.0 Å². The zero-order valence-electron chi connectivity index (χ0n) is 13.7. The van der Waals surface area contributed by atoms with Crippen LogP contribution in [0.25, 0.3) is 0 Å². The number of phenols is 1. The average Bonchev–Trinajstić information content (AvgIpc) is 2.51. The van der Waals surface area contributed by atoms with Gasteiger partial charge in [0.05, 0.1) is 0 Å². The summed E-state index contributed by atoms with van der Waals surface area (Å²) in [4.78, 5) is 2.66. The van der Waals surface area contributed by atoms with Gasteiger partial charge < -0.3 is 10.4 Å². The molecule has 1 saturated heterocycles. The van der Waals surface area contributed by atoms with E-state index in [4.69, 9.17) is 0 Å². The first-order chi connectivity index (χ1) is 10.1. The molecule has 0 bridgehead atoms. The zero-order valence-corrected chi connectivity index (χ0v) is 13.7. The Morgan fingerprint density at radius 2 is 1.86 bits per heavy atom. The molecule has 1 unspecified atom stereocenters. The van der Waals surface area contributed by atoms with Crippen LogP contribution >= 0.6 is 0 Å². The second-order valence-electron chi connectivity index (χ2n) is 6.34. The van der Waals surface area contributed by atoms with Gasteiger partial charge in [-0.15, -0.1) is 0 Å². The third kappa shape index (κ3) is 3.78. The largest absolute Gasteiger partial charge is 0.508 e. The first-order valence-electron chi connectivity index (χ1n) is 8.40. The molecule has 0 aliphatic carbocycles. The number of piperazine rings is 1. The number of nitrogens with one attached hydrogen (secondary N) is 1. The monoisotopic (exact) mass is 290 g/mol. The van der Waals surface area contributed by atoms with Crippen molar-refractivity contribution in [3.8, 4) is 5.75 Å². The van der Waals surface area contributed by atoms with E-state index in [9.17, 15) is 5.11 Å². The van der Waals surface area contributed by atoms with Crippen LogP contribution in [0.4, 0.5) is 0 Å². The minimum Gasteiger partial charge on any atom is -0.508 e. The first kappa shape index (κ1) is 16.3. The molecule has 2 rings (SSSR count). The molecule has 0 spiro atoms. The summed E-state index contributed by atoms with van der Waals surface area (Å²) in [7, 11) is 0. The van der Waals surface area contributed by atoms with Gasteiger partial charge in [0, 0.05) is 31.2 Å². The molecule has 0 aromatic heterocycles. The Morgan fingerprint density at radius 3 is 2.43 bits per heavy atom. The highest BCUT2D eigenvalue weighted by molar-refractivity contribution is 5.26. The van der Waals surface area contributed by atoms with Crippen molar-refractivity contribution in [1.82, 2.24) is 10.2 Å². The number of hydrogen-bond donors (Lipinski definition) is 2. The number of nitrogens with zero attached hydrogens (tertiary/aromatic N) is 1. The summed E-state index contributed by atoms with van der Waals surface area (Å²) >= 11 is 0. The van der Waals surface area contributed by atoms with Crippen molar-refractivity contribution in [3.05, 3.63) is 29.8 Å². The lowest BCUT2D eigenvalue weighted by molar-refractivity contribution is 0.0228. The molecule has 1 heterocycles. The Bertz CT molecular complexity index is 425. The van der Waals surface area contributed by atoms with Crippen LogP contribution in [0.1, 0.15) is 52.0 Å². The van der Waals surface area contributed by atoms with Gasteiger partial charge in [0.15, 0.2) is 0 Å². The molecule has 21 heavy (non-hydrogen) atoms. The van der Waals surface area contributed by atoms with Crippen molar-refractivity contribution in [2.24, 2.45) is 0 Å². The number of benzene rings is 1. The van der Waals surface area contributed by atoms with Crippen LogP contribution in [-0.4, -0.2) is 34.7 Å². The van der Waals surface area contributed by atoms with Crippen molar-refractivity contribution < 1.29 is 5.11 Å². The van der Waals surface area contributed by atoms with Crippen LogP contribution in [0, 0.1) is 0 Å². The van der Waals surface area contributed by atoms with Gasteiger partial charge in [-0.1, -0.05) is 39.3 Å². The van der Waals surface area contributed by atoms with E-state index in [0.717, 1.165) is 19.6 Å². The van der Waals surface area contributed by atoms with E-state index in [1.165, 1.54) is 31.2 Å². The summed E-state index contributed by atoms with van der Waals surface area (Å²) in [6.45, 7) is 10.0. The SMILES string of the molecule is CCCC1CN(Cc2ccc(O)cc2)C(CC)(CC)CN1. The van der Waals surface area contributed by atoms with Crippen LogP contribution in [0.15, 0.2) is 24.3 Å². The van der Waals surface area contributed by atoms with Crippen LogP contribution in [0.3, 0.4) is 0 Å². The molecule has 118 valence electrons. The topological polar surface area (TPSA) is 35.5 Å². The Labute approximate surface area is 129 Å². The molecule has 1 aliphatic heterocycles. The fraction of sp³-hybridized carbons (Fsp3) is 0.667. The van der Waals surface area contributed by atoms with Crippen molar-refractivity contribution in [3.63, 3.8) is 0 Å². The zero-order chi connectivity index (χ0) is 15.3. The molecule has 0 radical (unpaired) electrons. The van der Waals surface area contributed by atoms with Crippen LogP contribution in [0.2, 0.25) is 0 Å². The fourth-order valence-corrected chi connectivity index (χ4v) is 3.51. The average molecular weight is 290 g/mol. The smallest absolute Gasteiger partial charge is 0.115 e. The third-order valence-corrected chi connectivity index (χ3v) is 5.09. The molecule has 1 aromatic carbocycles. The number of aromatic hydroxyl groups is 1. The predicted octanol–water partition coefficient (Wildman–Crippen LogP) is 3.52. The van der Waals surface area contributed by atoms with Crippen molar-refractivity contribution in [1.29, 1.82) is 0 Å². The molecule has 0 amide bonds. The second kappa shape index (κ2) is 7.28. The lowest BCUT2D eigenvalue weighted by Crippen LogP contribution is -2.63. The molecular formula is C18H30N2O. The van der Waals surface area contributed by atoms with E-state index in [1.54, 1.807) is 12.1 Å². The summed E-state index contributed by atoms with van der Waals surface area (Å²) in [6.07, 6.45) is 4.83. The van der Waals surface area contributed by atoms with E-state index in [-0.39, 0.29) is 5.54 Å². The van der Waals surface area contributed by atoms with E-state index < -0.39 is 0 Å². The molecule has 2 N–H and O–H groups in total. The summed E-state index contributed by atoms with van der Waals surface area (Å²) in [5, 5.41) is 13.2. The van der Waals surface area contributed by atoms with Crippen molar-refractivity contribution >= 4 is 0 Å². The highest BCUT2D eigenvalue weighted by Crippen LogP contribution is 2.29. The van der Waals surface area contributed by atoms with E-state index >= 15 is 0 Å². The highest BCUT2D eigenvalue weighted by atomic mass is 16.3. The molecule has 0 saturated carbocycles. The highest BCUT2D eigenvalue weighted by Gasteiger charge is 2.38. The van der Waals surface area contributed by atoms with Crippen LogP contribution < -0.4 is 5.32 Å². The predicted molar refractivity (Wildman–Crippen MR) is 88.5 cm³/mol. The summed E-state index contributed by atoms with van der Waals surface area (Å²) in [6, 6.07) is 8.28. The molecular weight excluding hydrogens is 260 g/mol. The molecule has 1 aliphatic rings. The van der Waals surface area contributed by atoms with Gasteiger partial charge in [-0.25, -0.2) is 0 Å². The molecule has 1 aromatic rings. The Morgan fingerprint density at radius 1 is 1.19 bits per heavy atom. The normalized spacial score (nSPS) is 22.3. The van der Waals surface area contributed by atoms with Gasteiger partial charge in [-0.3, -0.25) is 4.90 Å². The van der Waals surface area contributed by atoms with Crippen molar-refractivity contribution in [2.45, 2.75) is 64.6 Å². The minimum absolute atomic E-state index is 0.266. The summed E-state index contributed by atoms with van der Waals surface area (Å²) in [5.41, 5.74) is 1.55. The number of phenolic OH excluding ortho intramolecular Hbond substituents is 1. The van der Waals surface area contributed by atoms with Gasteiger partial charge in [-0.2, -0.15) is 0 Å². The van der Waals surface area contributed by atoms with Gasteiger partial charge in [-0.05, 0) is 37.0 Å². The lowest BCUT2D eigenvalue weighted by atomic mass is 9.86. The summed E-state index contributed by atoms with van der Waals surface area (Å²) in [5.74, 6) is 0.347.